The molecular formula is C10H14BrNO2. The summed E-state index contributed by atoms with van der Waals surface area (Å²) in [7, 11) is 1.56. The van der Waals surface area contributed by atoms with Gasteiger partial charge in [-0.3, -0.25) is 4.79 Å². The number of ether oxygens (including phenoxy) is 1. The summed E-state index contributed by atoms with van der Waals surface area (Å²) >= 11 is 3.36. The van der Waals surface area contributed by atoms with Gasteiger partial charge in [-0.15, -0.1) is 0 Å². The molecule has 0 aliphatic rings. The lowest BCUT2D eigenvalue weighted by molar-refractivity contribution is 0.411. The number of rotatable bonds is 5. The van der Waals surface area contributed by atoms with Crippen LogP contribution in [-0.2, 0) is 6.54 Å². The number of nitrogens with zero attached hydrogens (tertiary/aromatic N) is 1. The van der Waals surface area contributed by atoms with Crippen LogP contribution in [0.25, 0.3) is 0 Å². The van der Waals surface area contributed by atoms with Crippen molar-refractivity contribution in [2.75, 3.05) is 12.4 Å². The normalized spacial score (nSPS) is 10.1. The molecule has 1 heterocycles. The average Bonchev–Trinajstić information content (AvgIpc) is 2.20. The van der Waals surface area contributed by atoms with E-state index in [9.17, 15) is 4.79 Å². The average molecular weight is 260 g/mol. The Labute approximate surface area is 91.8 Å². The molecule has 0 fully saturated rings. The second-order valence-corrected chi connectivity index (χ2v) is 3.79. The summed E-state index contributed by atoms with van der Waals surface area (Å²) < 4.78 is 6.65. The molecule has 0 saturated carbocycles. The molecule has 0 aliphatic carbocycles. The predicted octanol–water partition coefficient (Wildman–Crippen LogP) is 2.03. The van der Waals surface area contributed by atoms with Gasteiger partial charge in [0.1, 0.15) is 5.75 Å². The predicted molar refractivity (Wildman–Crippen MR) is 60.3 cm³/mol. The number of pyridine rings is 1. The number of hydrogen-bond donors (Lipinski definition) is 0. The first-order chi connectivity index (χ1) is 6.77. The molecule has 0 unspecified atom stereocenters. The quantitative estimate of drug-likeness (QED) is 0.599. The first-order valence-corrected chi connectivity index (χ1v) is 5.70. The van der Waals surface area contributed by atoms with Gasteiger partial charge in [-0.25, -0.2) is 0 Å². The van der Waals surface area contributed by atoms with Gasteiger partial charge in [-0.1, -0.05) is 15.9 Å². The molecule has 0 aliphatic heterocycles. The Kier molecular flexibility index (Phi) is 4.73. The highest BCUT2D eigenvalue weighted by atomic mass is 79.9. The van der Waals surface area contributed by atoms with Crippen LogP contribution in [0.5, 0.6) is 5.75 Å². The highest BCUT2D eigenvalue weighted by molar-refractivity contribution is 9.09. The molecule has 1 rings (SSSR count). The number of aromatic nitrogens is 1. The summed E-state index contributed by atoms with van der Waals surface area (Å²) in [5.41, 5.74) is -0.000998. The van der Waals surface area contributed by atoms with Crippen molar-refractivity contribution in [3.63, 3.8) is 0 Å². The van der Waals surface area contributed by atoms with Crippen molar-refractivity contribution >= 4 is 15.9 Å². The number of aryl methyl sites for hydroxylation is 1. The molecule has 0 aromatic carbocycles. The van der Waals surface area contributed by atoms with Crippen LogP contribution in [0.4, 0.5) is 0 Å². The zero-order valence-electron chi connectivity index (χ0n) is 8.20. The van der Waals surface area contributed by atoms with Gasteiger partial charge < -0.3 is 9.30 Å². The third kappa shape index (κ3) is 3.18. The second-order valence-electron chi connectivity index (χ2n) is 2.99. The van der Waals surface area contributed by atoms with E-state index in [2.05, 4.69) is 15.9 Å². The molecule has 78 valence electrons. The van der Waals surface area contributed by atoms with E-state index in [4.69, 9.17) is 4.74 Å². The standard InChI is InChI=1S/C10H14BrNO2/c1-14-9-4-7-12(10(13)8-9)6-3-2-5-11/h4,7-8H,2-3,5-6H2,1H3. The van der Waals surface area contributed by atoms with Crippen molar-refractivity contribution in [1.82, 2.24) is 4.57 Å². The third-order valence-corrected chi connectivity index (χ3v) is 2.55. The zero-order valence-corrected chi connectivity index (χ0v) is 9.79. The smallest absolute Gasteiger partial charge is 0.254 e. The maximum Gasteiger partial charge on any atom is 0.254 e. The van der Waals surface area contributed by atoms with Crippen LogP contribution in [-0.4, -0.2) is 17.0 Å². The second kappa shape index (κ2) is 5.86. The van der Waals surface area contributed by atoms with Crippen molar-refractivity contribution in [2.24, 2.45) is 0 Å². The van der Waals surface area contributed by atoms with E-state index in [0.29, 0.717) is 5.75 Å². The topological polar surface area (TPSA) is 31.2 Å². The minimum absolute atomic E-state index is 0.000998. The zero-order chi connectivity index (χ0) is 10.4. The molecule has 0 saturated heterocycles. The first-order valence-electron chi connectivity index (χ1n) is 4.58. The van der Waals surface area contributed by atoms with E-state index in [1.165, 1.54) is 6.07 Å². The summed E-state index contributed by atoms with van der Waals surface area (Å²) in [4.78, 5) is 11.5. The molecule has 4 heteroatoms. The highest BCUT2D eigenvalue weighted by Gasteiger charge is 1.97. The van der Waals surface area contributed by atoms with Gasteiger partial charge in [0.2, 0.25) is 0 Å². The van der Waals surface area contributed by atoms with Crippen molar-refractivity contribution < 1.29 is 4.74 Å². The number of halogens is 1. The fraction of sp³-hybridized carbons (Fsp3) is 0.500. The highest BCUT2D eigenvalue weighted by Crippen LogP contribution is 2.04. The van der Waals surface area contributed by atoms with Crippen LogP contribution in [0, 0.1) is 0 Å². The van der Waals surface area contributed by atoms with Crippen LogP contribution in [0.15, 0.2) is 23.1 Å². The first kappa shape index (κ1) is 11.3. The van der Waals surface area contributed by atoms with E-state index in [0.717, 1.165) is 24.7 Å². The van der Waals surface area contributed by atoms with Crippen LogP contribution < -0.4 is 10.3 Å². The summed E-state index contributed by atoms with van der Waals surface area (Å²) in [5.74, 6) is 0.617. The van der Waals surface area contributed by atoms with Gasteiger partial charge in [0.15, 0.2) is 0 Å². The van der Waals surface area contributed by atoms with Crippen molar-refractivity contribution in [1.29, 1.82) is 0 Å². The summed E-state index contributed by atoms with van der Waals surface area (Å²) in [6.07, 6.45) is 3.87. The van der Waals surface area contributed by atoms with Crippen molar-refractivity contribution in [3.05, 3.63) is 28.7 Å². The maximum absolute atomic E-state index is 11.5. The number of alkyl halides is 1. The van der Waals surface area contributed by atoms with E-state index in [1.54, 1.807) is 23.9 Å². The van der Waals surface area contributed by atoms with E-state index >= 15 is 0 Å². The van der Waals surface area contributed by atoms with Crippen LogP contribution in [0.1, 0.15) is 12.8 Å². The van der Waals surface area contributed by atoms with Crippen LogP contribution >= 0.6 is 15.9 Å². The lowest BCUT2D eigenvalue weighted by atomic mass is 10.3. The Hall–Kier alpha value is -0.770. The molecule has 0 N–H and O–H groups in total. The number of methoxy groups -OCH3 is 1. The molecule has 0 radical (unpaired) electrons. The lowest BCUT2D eigenvalue weighted by Gasteiger charge is -2.05. The Morgan fingerprint density at radius 1 is 1.50 bits per heavy atom. The minimum atomic E-state index is -0.000998. The number of unbranched alkanes of at least 4 members (excludes halogenated alkanes) is 1. The van der Waals surface area contributed by atoms with Gasteiger partial charge >= 0.3 is 0 Å². The van der Waals surface area contributed by atoms with Crippen molar-refractivity contribution in [2.45, 2.75) is 19.4 Å². The van der Waals surface area contributed by atoms with Gasteiger partial charge in [-0.2, -0.15) is 0 Å². The van der Waals surface area contributed by atoms with Gasteiger partial charge in [0.05, 0.1) is 7.11 Å². The molecule has 14 heavy (non-hydrogen) atoms. The summed E-state index contributed by atoms with van der Waals surface area (Å²) in [5, 5.41) is 0.984. The SMILES string of the molecule is COc1ccn(CCCCBr)c(=O)c1. The monoisotopic (exact) mass is 259 g/mol. The Balaban J connectivity index is 2.64. The molecule has 1 aromatic rings. The van der Waals surface area contributed by atoms with Gasteiger partial charge in [0, 0.05) is 24.1 Å². The molecule has 0 spiro atoms. The molecule has 0 atom stereocenters. The minimum Gasteiger partial charge on any atom is -0.497 e. The van der Waals surface area contributed by atoms with Gasteiger partial charge in [-0.05, 0) is 18.9 Å². The fourth-order valence-electron chi connectivity index (χ4n) is 1.18. The Morgan fingerprint density at radius 3 is 2.86 bits per heavy atom. The van der Waals surface area contributed by atoms with Crippen LogP contribution in [0.3, 0.4) is 0 Å². The molecule has 0 bridgehead atoms. The van der Waals surface area contributed by atoms with Gasteiger partial charge in [0.25, 0.3) is 5.56 Å². The number of hydrogen-bond acceptors (Lipinski definition) is 2. The molecular weight excluding hydrogens is 246 g/mol. The van der Waals surface area contributed by atoms with E-state index in [-0.39, 0.29) is 5.56 Å². The maximum atomic E-state index is 11.5. The summed E-state index contributed by atoms with van der Waals surface area (Å²) in [6.45, 7) is 0.772. The molecule has 3 nitrogen and oxygen atoms in total. The fourth-order valence-corrected chi connectivity index (χ4v) is 1.57. The van der Waals surface area contributed by atoms with E-state index < -0.39 is 0 Å². The molecule has 1 aromatic heterocycles. The van der Waals surface area contributed by atoms with E-state index in [1.807, 2.05) is 0 Å². The Morgan fingerprint density at radius 2 is 2.29 bits per heavy atom. The lowest BCUT2D eigenvalue weighted by Crippen LogP contribution is -2.18. The summed E-state index contributed by atoms with van der Waals surface area (Å²) in [6, 6.07) is 3.31. The third-order valence-electron chi connectivity index (χ3n) is 1.99. The Bertz CT molecular complexity index is 335. The van der Waals surface area contributed by atoms with Crippen LogP contribution in [0.2, 0.25) is 0 Å². The van der Waals surface area contributed by atoms with Crippen molar-refractivity contribution in [3.8, 4) is 5.75 Å². The molecule has 0 amide bonds. The largest absolute Gasteiger partial charge is 0.497 e.